The number of rotatable bonds is 8. The van der Waals surface area contributed by atoms with Gasteiger partial charge >= 0.3 is 6.09 Å². The zero-order valence-electron chi connectivity index (χ0n) is 17.4. The maximum Gasteiger partial charge on any atom is 0.407 e. The van der Waals surface area contributed by atoms with Gasteiger partial charge in [0.2, 0.25) is 22.4 Å². The molecule has 1 fully saturated rings. The third kappa shape index (κ3) is 6.82. The Hall–Kier alpha value is -2.86. The van der Waals surface area contributed by atoms with Crippen LogP contribution in [0.5, 0.6) is 0 Å². The van der Waals surface area contributed by atoms with Gasteiger partial charge in [0.1, 0.15) is 6.10 Å². The van der Waals surface area contributed by atoms with Crippen molar-refractivity contribution in [1.29, 1.82) is 0 Å². The number of aromatic nitrogens is 2. The van der Waals surface area contributed by atoms with E-state index >= 15 is 0 Å². The van der Waals surface area contributed by atoms with Crippen LogP contribution >= 0.6 is 0 Å². The van der Waals surface area contributed by atoms with Gasteiger partial charge in [-0.05, 0) is 61.9 Å². The molecule has 1 heterocycles. The molecule has 12 heteroatoms. The second kappa shape index (κ2) is 10.2. The fourth-order valence-electron chi connectivity index (χ4n) is 3.53. The third-order valence-corrected chi connectivity index (χ3v) is 6.07. The zero-order valence-corrected chi connectivity index (χ0v) is 18.2. The molecular formula is C20H25F2N5O4S. The van der Waals surface area contributed by atoms with Crippen molar-refractivity contribution in [3.63, 3.8) is 0 Å². The molecule has 1 aliphatic carbocycles. The predicted molar refractivity (Wildman–Crippen MR) is 113 cm³/mol. The summed E-state index contributed by atoms with van der Waals surface area (Å²) in [5, 5.41) is 10.5. The van der Waals surface area contributed by atoms with Crippen LogP contribution in [0.3, 0.4) is 0 Å². The average molecular weight is 470 g/mol. The van der Waals surface area contributed by atoms with Crippen LogP contribution in [0.1, 0.15) is 44.1 Å². The summed E-state index contributed by atoms with van der Waals surface area (Å²) in [5.74, 6) is 0.463. The Morgan fingerprint density at radius 1 is 1.22 bits per heavy atom. The van der Waals surface area contributed by atoms with E-state index in [0.29, 0.717) is 24.5 Å². The molecule has 9 nitrogen and oxygen atoms in total. The average Bonchev–Trinajstić information content (AvgIpc) is 3.15. The van der Waals surface area contributed by atoms with Gasteiger partial charge in [-0.3, -0.25) is 0 Å². The number of alkyl halides is 2. The molecule has 1 saturated carbocycles. The van der Waals surface area contributed by atoms with Gasteiger partial charge < -0.3 is 15.4 Å². The number of ether oxygens (including phenoxy) is 1. The number of amides is 1. The Kier molecular flexibility index (Phi) is 7.56. The van der Waals surface area contributed by atoms with Crippen molar-refractivity contribution in [2.24, 2.45) is 5.14 Å². The van der Waals surface area contributed by atoms with Crippen LogP contribution in [0, 0.1) is 0 Å². The molecule has 0 spiro atoms. The molecule has 0 aliphatic heterocycles. The van der Waals surface area contributed by atoms with Crippen molar-refractivity contribution in [1.82, 2.24) is 15.3 Å². The summed E-state index contributed by atoms with van der Waals surface area (Å²) >= 11 is 0. The Morgan fingerprint density at radius 3 is 2.47 bits per heavy atom. The van der Waals surface area contributed by atoms with Gasteiger partial charge in [-0.15, -0.1) is 0 Å². The van der Waals surface area contributed by atoms with E-state index in [1.165, 1.54) is 19.1 Å². The minimum atomic E-state index is -3.76. The predicted octanol–water partition coefficient (Wildman–Crippen LogP) is 3.27. The summed E-state index contributed by atoms with van der Waals surface area (Å²) < 4.78 is 52.7. The molecule has 32 heavy (non-hydrogen) atoms. The van der Waals surface area contributed by atoms with Crippen LogP contribution in [-0.4, -0.2) is 43.1 Å². The highest BCUT2D eigenvalue weighted by Crippen LogP contribution is 2.35. The number of nitrogens with two attached hydrogens (primary N) is 1. The highest BCUT2D eigenvalue weighted by molar-refractivity contribution is 7.89. The molecule has 4 N–H and O–H groups in total. The molecule has 0 bridgehead atoms. The van der Waals surface area contributed by atoms with E-state index in [9.17, 15) is 22.0 Å². The van der Waals surface area contributed by atoms with E-state index in [1.807, 2.05) is 0 Å². The molecule has 1 aliphatic rings. The first-order chi connectivity index (χ1) is 15.1. The van der Waals surface area contributed by atoms with Gasteiger partial charge in [-0.25, -0.2) is 37.1 Å². The van der Waals surface area contributed by atoms with Crippen molar-refractivity contribution >= 4 is 27.8 Å². The Balaban J connectivity index is 1.50. The Bertz CT molecular complexity index is 1020. The molecule has 3 rings (SSSR count). The molecule has 1 unspecified atom stereocenters. The molecule has 2 aromatic rings. The van der Waals surface area contributed by atoms with Gasteiger partial charge in [0, 0.05) is 30.5 Å². The topological polar surface area (TPSA) is 136 Å². The van der Waals surface area contributed by atoms with Crippen LogP contribution in [0.25, 0.3) is 0 Å². The first-order valence-corrected chi connectivity index (χ1v) is 11.6. The zero-order chi connectivity index (χ0) is 23.3. The Labute approximate surface area is 184 Å². The Morgan fingerprint density at radius 2 is 1.88 bits per heavy atom. The minimum Gasteiger partial charge on any atom is -0.446 e. The smallest absolute Gasteiger partial charge is 0.407 e. The fourth-order valence-corrected chi connectivity index (χ4v) is 4.05. The maximum atomic E-state index is 12.4. The highest BCUT2D eigenvalue weighted by Gasteiger charge is 2.29. The third-order valence-electron chi connectivity index (χ3n) is 5.14. The molecule has 1 aromatic carbocycles. The summed E-state index contributed by atoms with van der Waals surface area (Å²) in [4.78, 5) is 20.5. The van der Waals surface area contributed by atoms with Crippen LogP contribution in [0.2, 0.25) is 0 Å². The van der Waals surface area contributed by atoms with E-state index in [4.69, 9.17) is 9.88 Å². The number of halogens is 2. The van der Waals surface area contributed by atoms with Crippen molar-refractivity contribution < 1.29 is 26.7 Å². The number of sulfonamides is 1. The van der Waals surface area contributed by atoms with E-state index in [0.717, 1.165) is 12.0 Å². The van der Waals surface area contributed by atoms with E-state index in [2.05, 4.69) is 20.6 Å². The first kappa shape index (κ1) is 23.8. The maximum absolute atomic E-state index is 12.4. The van der Waals surface area contributed by atoms with E-state index < -0.39 is 35.0 Å². The van der Waals surface area contributed by atoms with Gasteiger partial charge in [-0.2, -0.15) is 0 Å². The molecule has 0 radical (unpaired) electrons. The summed E-state index contributed by atoms with van der Waals surface area (Å²) in [7, 11) is -3.76. The number of carbonyl (C=O) groups is 1. The van der Waals surface area contributed by atoms with Gasteiger partial charge in [-0.1, -0.05) is 0 Å². The largest absolute Gasteiger partial charge is 0.446 e. The normalized spacial score (nSPS) is 19.5. The van der Waals surface area contributed by atoms with Crippen LogP contribution in [-0.2, 0) is 14.8 Å². The lowest BCUT2D eigenvalue weighted by Gasteiger charge is -2.17. The SMILES string of the molecule is CC(CC(F)F)NC(=O)O[C@H]1CC[C@@H](c2cnc(Nc3ccc(S(N)(=O)=O)cc3)nc2)C1. The number of benzene rings is 1. The number of nitrogens with one attached hydrogen (secondary N) is 2. The number of nitrogens with zero attached hydrogens (tertiary/aromatic N) is 2. The summed E-state index contributed by atoms with van der Waals surface area (Å²) in [6, 6.07) is 5.22. The second-order valence-corrected chi connectivity index (χ2v) is 9.31. The molecule has 3 atom stereocenters. The van der Waals surface area contributed by atoms with Crippen LogP contribution in [0.4, 0.5) is 25.2 Å². The molecule has 1 aromatic heterocycles. The van der Waals surface area contributed by atoms with Crippen molar-refractivity contribution in [2.75, 3.05) is 5.32 Å². The molecule has 1 amide bonds. The number of anilines is 2. The van der Waals surface area contributed by atoms with Crippen molar-refractivity contribution in [3.8, 4) is 0 Å². The number of hydrogen-bond donors (Lipinski definition) is 3. The summed E-state index contributed by atoms with van der Waals surface area (Å²) in [6.45, 7) is 1.51. The lowest BCUT2D eigenvalue weighted by Crippen LogP contribution is -2.36. The van der Waals surface area contributed by atoms with Crippen LogP contribution < -0.4 is 15.8 Å². The number of alkyl carbamates (subject to hydrolysis) is 1. The van der Waals surface area contributed by atoms with Crippen LogP contribution in [0.15, 0.2) is 41.6 Å². The molecule has 0 saturated heterocycles. The quantitative estimate of drug-likeness (QED) is 0.540. The minimum absolute atomic E-state index is 0.00878. The van der Waals surface area contributed by atoms with Gasteiger partial charge in [0.25, 0.3) is 0 Å². The molecule has 174 valence electrons. The van der Waals surface area contributed by atoms with Crippen molar-refractivity contribution in [3.05, 3.63) is 42.2 Å². The lowest BCUT2D eigenvalue weighted by molar-refractivity contribution is 0.0895. The van der Waals surface area contributed by atoms with Gasteiger partial charge in [0.15, 0.2) is 0 Å². The van der Waals surface area contributed by atoms with Gasteiger partial charge in [0.05, 0.1) is 4.90 Å². The summed E-state index contributed by atoms with van der Waals surface area (Å²) in [6.07, 6.45) is 1.53. The lowest BCUT2D eigenvalue weighted by atomic mass is 10.0. The fraction of sp³-hybridized carbons (Fsp3) is 0.450. The number of carbonyl (C=O) groups excluding carboxylic acids is 1. The first-order valence-electron chi connectivity index (χ1n) is 10.1. The van der Waals surface area contributed by atoms with E-state index in [1.54, 1.807) is 24.5 Å². The monoisotopic (exact) mass is 469 g/mol. The number of primary sulfonamides is 1. The van der Waals surface area contributed by atoms with Crippen molar-refractivity contribution in [2.45, 2.75) is 62.0 Å². The summed E-state index contributed by atoms with van der Waals surface area (Å²) in [5.41, 5.74) is 1.50. The second-order valence-electron chi connectivity index (χ2n) is 7.74. The molecular weight excluding hydrogens is 444 g/mol. The standard InChI is InChI=1S/C20H25F2N5O4S/c1-12(8-18(21)22)26-20(28)31-16-5-2-13(9-16)14-10-24-19(25-11-14)27-15-3-6-17(7-4-15)32(23,29)30/h3-4,6-7,10-13,16,18H,2,5,8-9H2,1H3,(H,26,28)(H2,23,29,30)(H,24,25,27)/t12?,13-,16+/m1/s1. The highest BCUT2D eigenvalue weighted by atomic mass is 32.2. The number of hydrogen-bond acceptors (Lipinski definition) is 7. The van der Waals surface area contributed by atoms with E-state index in [-0.39, 0.29) is 16.9 Å².